The van der Waals surface area contributed by atoms with Crippen LogP contribution in [0.15, 0.2) is 29.2 Å². The van der Waals surface area contributed by atoms with E-state index in [1.165, 1.54) is 18.2 Å². The van der Waals surface area contributed by atoms with E-state index in [1.807, 2.05) is 0 Å². The van der Waals surface area contributed by atoms with E-state index in [1.54, 1.807) is 0 Å². The van der Waals surface area contributed by atoms with Crippen molar-refractivity contribution in [2.45, 2.75) is 4.90 Å². The van der Waals surface area contributed by atoms with Gasteiger partial charge in [-0.15, -0.1) is 0 Å². The number of benzene rings is 1. The molecule has 0 fully saturated rings. The van der Waals surface area contributed by atoms with Gasteiger partial charge in [0.15, 0.2) is 0 Å². The Labute approximate surface area is 98.0 Å². The van der Waals surface area contributed by atoms with Crippen LogP contribution in [0, 0.1) is 0 Å². The van der Waals surface area contributed by atoms with Gasteiger partial charge in [-0.1, -0.05) is 12.1 Å². The van der Waals surface area contributed by atoms with E-state index in [0.717, 1.165) is 6.07 Å². The summed E-state index contributed by atoms with van der Waals surface area (Å²) in [5.41, 5.74) is 0.213. The zero-order chi connectivity index (χ0) is 9.19. The van der Waals surface area contributed by atoms with E-state index in [9.17, 15) is 13.2 Å². The zero-order valence-corrected chi connectivity index (χ0v) is 6.78. The van der Waals surface area contributed by atoms with Gasteiger partial charge in [-0.25, -0.2) is 0 Å². The predicted octanol–water partition coefficient (Wildman–Crippen LogP) is 0.0973. The van der Waals surface area contributed by atoms with Crippen LogP contribution in [0.2, 0.25) is 0 Å². The quantitative estimate of drug-likeness (QED) is 0.427. The molecule has 0 aromatic heterocycles. The van der Waals surface area contributed by atoms with Crippen LogP contribution >= 0.6 is 0 Å². The molecule has 0 amide bonds. The molecule has 66 valence electrons. The van der Waals surface area contributed by atoms with Gasteiger partial charge in [-0.05, 0) is 12.1 Å². The van der Waals surface area contributed by atoms with Crippen LogP contribution in [-0.4, -0.2) is 48.8 Å². The number of aldehydes is 1. The normalized spacial score (nSPS) is 10.2. The third-order valence-electron chi connectivity index (χ3n) is 1.29. The van der Waals surface area contributed by atoms with Gasteiger partial charge in [0.05, 0.1) is 4.90 Å². The van der Waals surface area contributed by atoms with E-state index in [-0.39, 0.29) is 40.0 Å². The van der Waals surface area contributed by atoms with Gasteiger partial charge in [0, 0.05) is 5.56 Å². The Bertz CT molecular complexity index is 399. The van der Waals surface area contributed by atoms with Crippen molar-refractivity contribution in [1.29, 1.82) is 0 Å². The average Bonchev–Trinajstić information content (AvgIpc) is 2.03. The Morgan fingerprint density at radius 3 is 2.38 bits per heavy atom. The number of rotatable bonds is 2. The maximum absolute atomic E-state index is 10.5. The first-order valence-corrected chi connectivity index (χ1v) is 4.51. The molecule has 0 aliphatic heterocycles. The second-order valence-electron chi connectivity index (χ2n) is 2.17. The molecular formula is C7H7NaO4S. The molecule has 6 heteroatoms. The van der Waals surface area contributed by atoms with Crippen molar-refractivity contribution in [2.24, 2.45) is 0 Å². The van der Waals surface area contributed by atoms with Crippen molar-refractivity contribution in [2.75, 3.05) is 0 Å². The van der Waals surface area contributed by atoms with Crippen LogP contribution in [0.1, 0.15) is 10.4 Å². The topological polar surface area (TPSA) is 71.4 Å². The zero-order valence-electron chi connectivity index (χ0n) is 5.97. The standard InChI is InChI=1S/C7H6O4S.Na.H/c8-5-6-2-1-3-7(4-6)12(9,10)11;;/h1-5H,(H,9,10,11);;. The Morgan fingerprint density at radius 2 is 1.92 bits per heavy atom. The molecule has 0 unspecified atom stereocenters. The van der Waals surface area contributed by atoms with Crippen LogP contribution in [0.5, 0.6) is 0 Å². The second kappa shape index (κ2) is 4.88. The summed E-state index contributed by atoms with van der Waals surface area (Å²) in [6.07, 6.45) is 0.509. The molecule has 1 N–H and O–H groups in total. The fourth-order valence-electron chi connectivity index (χ4n) is 0.748. The Balaban J connectivity index is 0.00000144. The number of carbonyl (C=O) groups is 1. The molecule has 0 spiro atoms. The Morgan fingerprint density at radius 1 is 1.31 bits per heavy atom. The van der Waals surface area contributed by atoms with Crippen molar-refractivity contribution in [1.82, 2.24) is 0 Å². The summed E-state index contributed by atoms with van der Waals surface area (Å²) in [5.74, 6) is 0. The van der Waals surface area contributed by atoms with Crippen molar-refractivity contribution in [3.05, 3.63) is 29.8 Å². The van der Waals surface area contributed by atoms with Crippen molar-refractivity contribution in [3.8, 4) is 0 Å². The molecular weight excluding hydrogens is 203 g/mol. The van der Waals surface area contributed by atoms with Crippen LogP contribution < -0.4 is 0 Å². The summed E-state index contributed by atoms with van der Waals surface area (Å²) in [6.45, 7) is 0. The molecule has 0 bridgehead atoms. The van der Waals surface area contributed by atoms with Crippen molar-refractivity contribution < 1.29 is 17.8 Å². The van der Waals surface area contributed by atoms with Crippen LogP contribution in [0.3, 0.4) is 0 Å². The van der Waals surface area contributed by atoms with E-state index in [0.29, 0.717) is 6.29 Å². The molecule has 1 aromatic rings. The maximum atomic E-state index is 10.5. The van der Waals surface area contributed by atoms with E-state index >= 15 is 0 Å². The number of hydrogen-bond acceptors (Lipinski definition) is 3. The van der Waals surface area contributed by atoms with Gasteiger partial charge >= 0.3 is 29.6 Å². The third kappa shape index (κ3) is 3.58. The minimum atomic E-state index is -4.19. The molecule has 0 saturated heterocycles. The second-order valence-corrected chi connectivity index (χ2v) is 3.59. The van der Waals surface area contributed by atoms with E-state index in [4.69, 9.17) is 4.55 Å². The fourth-order valence-corrected chi connectivity index (χ4v) is 1.28. The molecule has 0 aliphatic rings. The molecule has 0 heterocycles. The summed E-state index contributed by atoms with van der Waals surface area (Å²) >= 11 is 0. The molecule has 13 heavy (non-hydrogen) atoms. The molecule has 0 saturated carbocycles. The summed E-state index contributed by atoms with van der Waals surface area (Å²) in [4.78, 5) is 9.94. The van der Waals surface area contributed by atoms with Crippen molar-refractivity contribution in [3.63, 3.8) is 0 Å². The number of hydrogen-bond donors (Lipinski definition) is 1. The molecule has 4 nitrogen and oxygen atoms in total. The first-order chi connectivity index (χ1) is 5.54. The van der Waals surface area contributed by atoms with Gasteiger partial charge < -0.3 is 0 Å². The average molecular weight is 210 g/mol. The third-order valence-corrected chi connectivity index (χ3v) is 2.14. The summed E-state index contributed by atoms with van der Waals surface area (Å²) < 4.78 is 29.6. The van der Waals surface area contributed by atoms with Crippen LogP contribution in [0.25, 0.3) is 0 Å². The first kappa shape index (κ1) is 12.8. The van der Waals surface area contributed by atoms with E-state index < -0.39 is 10.1 Å². The molecule has 1 rings (SSSR count). The monoisotopic (exact) mass is 210 g/mol. The summed E-state index contributed by atoms with van der Waals surface area (Å²) in [6, 6.07) is 5.14. The van der Waals surface area contributed by atoms with Crippen molar-refractivity contribution >= 4 is 46.0 Å². The van der Waals surface area contributed by atoms with Gasteiger partial charge in [0.2, 0.25) is 0 Å². The van der Waals surface area contributed by atoms with Gasteiger partial charge in [0.25, 0.3) is 10.1 Å². The van der Waals surface area contributed by atoms with Gasteiger partial charge in [0.1, 0.15) is 6.29 Å². The molecule has 1 aromatic carbocycles. The molecule has 0 radical (unpaired) electrons. The predicted molar refractivity (Wildman–Crippen MR) is 48.8 cm³/mol. The van der Waals surface area contributed by atoms with E-state index in [2.05, 4.69) is 0 Å². The summed E-state index contributed by atoms with van der Waals surface area (Å²) in [7, 11) is -4.19. The van der Waals surface area contributed by atoms with Crippen LogP contribution in [0.4, 0.5) is 0 Å². The molecule has 0 atom stereocenters. The summed E-state index contributed by atoms with van der Waals surface area (Å²) in [5, 5.41) is 0. The van der Waals surface area contributed by atoms with Gasteiger partial charge in [-0.2, -0.15) is 8.42 Å². The fraction of sp³-hybridized carbons (Fsp3) is 0. The molecule has 0 aliphatic carbocycles. The van der Waals surface area contributed by atoms with Gasteiger partial charge in [-0.3, -0.25) is 9.35 Å². The van der Waals surface area contributed by atoms with Crippen LogP contribution in [-0.2, 0) is 10.1 Å². The Hall–Kier alpha value is -0.200. The minimum absolute atomic E-state index is 0. The SMILES string of the molecule is O=Cc1cccc(S(=O)(=O)O)c1.[NaH]. The first-order valence-electron chi connectivity index (χ1n) is 3.07. The number of carbonyl (C=O) groups excluding carboxylic acids is 1. The Kier molecular flexibility index (Phi) is 4.80.